The minimum atomic E-state index is 0.100. The van der Waals surface area contributed by atoms with Crippen LogP contribution < -0.4 is 10.1 Å². The molecule has 0 atom stereocenters. The van der Waals surface area contributed by atoms with Gasteiger partial charge < -0.3 is 10.1 Å². The smallest absolute Gasteiger partial charge is 0.322 e. The Bertz CT molecular complexity index is 534. The van der Waals surface area contributed by atoms with Crippen molar-refractivity contribution in [2.75, 3.05) is 19.0 Å². The number of rotatable bonds is 5. The number of aromatic nitrogens is 3. The van der Waals surface area contributed by atoms with Gasteiger partial charge in [0.2, 0.25) is 11.2 Å². The van der Waals surface area contributed by atoms with Crippen molar-refractivity contribution in [3.63, 3.8) is 0 Å². The van der Waals surface area contributed by atoms with E-state index in [1.807, 2.05) is 12.1 Å². The van der Waals surface area contributed by atoms with E-state index in [1.165, 1.54) is 12.0 Å². The van der Waals surface area contributed by atoms with Crippen LogP contribution in [0.2, 0.25) is 9.62 Å². The van der Waals surface area contributed by atoms with Gasteiger partial charge in [-0.3, -0.25) is 0 Å². The van der Waals surface area contributed by atoms with Crippen molar-refractivity contribution in [2.24, 2.45) is 0 Å². The first-order chi connectivity index (χ1) is 8.67. The fraction of sp³-hybridized carbons (Fsp3) is 0.300. The molecular formula is C10H10Cl2N4OS. The van der Waals surface area contributed by atoms with Crippen LogP contribution in [0.3, 0.4) is 0 Å². The lowest BCUT2D eigenvalue weighted by molar-refractivity contribution is 0.379. The summed E-state index contributed by atoms with van der Waals surface area (Å²) in [6.07, 6.45) is 0.836. The lowest BCUT2D eigenvalue weighted by atomic mass is 10.3. The van der Waals surface area contributed by atoms with Crippen molar-refractivity contribution in [3.8, 4) is 6.01 Å². The van der Waals surface area contributed by atoms with Gasteiger partial charge in [0.15, 0.2) is 0 Å². The molecule has 2 heterocycles. The number of methoxy groups -OCH3 is 1. The summed E-state index contributed by atoms with van der Waals surface area (Å²) in [5.41, 5.74) is 0. The second-order valence-electron chi connectivity index (χ2n) is 3.30. The third-order valence-electron chi connectivity index (χ3n) is 2.05. The quantitative estimate of drug-likeness (QED) is 0.920. The summed E-state index contributed by atoms with van der Waals surface area (Å²) in [6, 6.07) is 4.07. The Kier molecular flexibility index (Phi) is 4.57. The summed E-state index contributed by atoms with van der Waals surface area (Å²) in [6.45, 7) is 0.681. The highest BCUT2D eigenvalue weighted by Crippen LogP contribution is 2.21. The molecule has 2 aromatic heterocycles. The Morgan fingerprint density at radius 1 is 1.28 bits per heavy atom. The molecule has 0 spiro atoms. The van der Waals surface area contributed by atoms with E-state index < -0.39 is 0 Å². The molecule has 0 aromatic carbocycles. The zero-order valence-corrected chi connectivity index (χ0v) is 11.8. The van der Waals surface area contributed by atoms with Crippen LogP contribution >= 0.6 is 34.5 Å². The fourth-order valence-corrected chi connectivity index (χ4v) is 2.53. The minimum Gasteiger partial charge on any atom is -0.467 e. The second-order valence-corrected chi connectivity index (χ2v) is 5.44. The molecule has 8 heteroatoms. The first kappa shape index (κ1) is 13.3. The van der Waals surface area contributed by atoms with Crippen LogP contribution in [0.15, 0.2) is 12.1 Å². The highest BCUT2D eigenvalue weighted by molar-refractivity contribution is 7.16. The van der Waals surface area contributed by atoms with Crippen LogP contribution in [-0.2, 0) is 6.42 Å². The number of hydrogen-bond donors (Lipinski definition) is 1. The van der Waals surface area contributed by atoms with Crippen molar-refractivity contribution in [3.05, 3.63) is 26.6 Å². The second kappa shape index (κ2) is 6.17. The molecule has 0 aliphatic heterocycles. The lowest BCUT2D eigenvalue weighted by Crippen LogP contribution is -2.08. The molecule has 0 amide bonds. The van der Waals surface area contributed by atoms with Gasteiger partial charge in [-0.25, -0.2) is 0 Å². The highest BCUT2D eigenvalue weighted by atomic mass is 35.5. The molecule has 0 unspecified atom stereocenters. The summed E-state index contributed by atoms with van der Waals surface area (Å²) in [5.74, 6) is 0.398. The normalized spacial score (nSPS) is 10.4. The van der Waals surface area contributed by atoms with Gasteiger partial charge in [-0.2, -0.15) is 15.0 Å². The van der Waals surface area contributed by atoms with E-state index in [0.717, 1.165) is 10.8 Å². The lowest BCUT2D eigenvalue weighted by Gasteiger charge is -2.05. The summed E-state index contributed by atoms with van der Waals surface area (Å²) in [7, 11) is 1.48. The third kappa shape index (κ3) is 3.69. The van der Waals surface area contributed by atoms with Gasteiger partial charge in [0.25, 0.3) is 0 Å². The van der Waals surface area contributed by atoms with Crippen LogP contribution in [0.1, 0.15) is 4.88 Å². The van der Waals surface area contributed by atoms with Crippen LogP contribution in [0.25, 0.3) is 0 Å². The summed E-state index contributed by atoms with van der Waals surface area (Å²) >= 11 is 13.1. The van der Waals surface area contributed by atoms with Gasteiger partial charge in [0.05, 0.1) is 11.4 Å². The van der Waals surface area contributed by atoms with E-state index in [-0.39, 0.29) is 11.3 Å². The molecule has 0 aliphatic rings. The number of anilines is 1. The van der Waals surface area contributed by atoms with Gasteiger partial charge in [0.1, 0.15) is 0 Å². The number of hydrogen-bond acceptors (Lipinski definition) is 6. The zero-order valence-electron chi connectivity index (χ0n) is 9.48. The molecule has 2 rings (SSSR count). The Hall–Kier alpha value is -1.11. The van der Waals surface area contributed by atoms with Crippen molar-refractivity contribution < 1.29 is 4.74 Å². The molecule has 0 saturated heterocycles. The molecule has 18 heavy (non-hydrogen) atoms. The van der Waals surface area contributed by atoms with E-state index >= 15 is 0 Å². The summed E-state index contributed by atoms with van der Waals surface area (Å²) in [5, 5.41) is 3.16. The molecule has 1 N–H and O–H groups in total. The maximum absolute atomic E-state index is 5.85. The Morgan fingerprint density at radius 2 is 2.11 bits per heavy atom. The SMILES string of the molecule is COc1nc(Cl)nc(NCCc2ccc(Cl)s2)n1. The van der Waals surface area contributed by atoms with Gasteiger partial charge in [0, 0.05) is 11.4 Å². The van der Waals surface area contributed by atoms with Gasteiger partial charge in [-0.1, -0.05) is 11.6 Å². The van der Waals surface area contributed by atoms with E-state index in [9.17, 15) is 0 Å². The molecule has 2 aromatic rings. The highest BCUT2D eigenvalue weighted by Gasteiger charge is 2.05. The van der Waals surface area contributed by atoms with E-state index in [4.69, 9.17) is 27.9 Å². The Balaban J connectivity index is 1.91. The van der Waals surface area contributed by atoms with Gasteiger partial charge in [-0.15, -0.1) is 11.3 Å². The first-order valence-electron chi connectivity index (χ1n) is 5.11. The monoisotopic (exact) mass is 304 g/mol. The average molecular weight is 305 g/mol. The molecule has 0 aliphatic carbocycles. The van der Waals surface area contributed by atoms with E-state index in [2.05, 4.69) is 20.3 Å². The fourth-order valence-electron chi connectivity index (χ4n) is 1.29. The Labute approximate surface area is 118 Å². The van der Waals surface area contributed by atoms with Crippen LogP contribution in [0.4, 0.5) is 5.95 Å². The predicted molar refractivity (Wildman–Crippen MR) is 72.9 cm³/mol. The van der Waals surface area contributed by atoms with Crippen LogP contribution in [0.5, 0.6) is 6.01 Å². The van der Waals surface area contributed by atoms with Crippen molar-refractivity contribution in [1.82, 2.24) is 15.0 Å². The van der Waals surface area contributed by atoms with E-state index in [0.29, 0.717) is 12.5 Å². The predicted octanol–water partition coefficient (Wildman–Crippen LogP) is 2.90. The van der Waals surface area contributed by atoms with Crippen LogP contribution in [0, 0.1) is 0 Å². The molecule has 0 bridgehead atoms. The molecule has 96 valence electrons. The number of halogens is 2. The summed E-state index contributed by atoms with van der Waals surface area (Å²) in [4.78, 5) is 13.0. The van der Waals surface area contributed by atoms with Crippen molar-refractivity contribution in [2.45, 2.75) is 6.42 Å². The number of ether oxygens (including phenoxy) is 1. The maximum Gasteiger partial charge on any atom is 0.322 e. The molecular weight excluding hydrogens is 295 g/mol. The standard InChI is InChI=1S/C10H10Cl2N4OS/c1-17-10-15-8(12)14-9(16-10)13-5-4-6-2-3-7(11)18-6/h2-3H,4-5H2,1H3,(H,13,14,15,16). The minimum absolute atomic E-state index is 0.100. The number of nitrogens with one attached hydrogen (secondary N) is 1. The molecule has 0 fully saturated rings. The number of thiophene rings is 1. The molecule has 0 saturated carbocycles. The van der Waals surface area contributed by atoms with Crippen LogP contribution in [-0.4, -0.2) is 28.6 Å². The topological polar surface area (TPSA) is 59.9 Å². The third-order valence-corrected chi connectivity index (χ3v) is 3.51. The summed E-state index contributed by atoms with van der Waals surface area (Å²) < 4.78 is 5.69. The van der Waals surface area contributed by atoms with Gasteiger partial charge >= 0.3 is 6.01 Å². The average Bonchev–Trinajstić information content (AvgIpc) is 2.74. The molecule has 0 radical (unpaired) electrons. The van der Waals surface area contributed by atoms with Crippen molar-refractivity contribution >= 4 is 40.5 Å². The van der Waals surface area contributed by atoms with Gasteiger partial charge in [-0.05, 0) is 30.2 Å². The van der Waals surface area contributed by atoms with E-state index in [1.54, 1.807) is 11.3 Å². The largest absolute Gasteiger partial charge is 0.467 e. The molecule has 5 nitrogen and oxygen atoms in total. The number of nitrogens with zero attached hydrogens (tertiary/aromatic N) is 3. The van der Waals surface area contributed by atoms with Crippen molar-refractivity contribution in [1.29, 1.82) is 0 Å². The maximum atomic E-state index is 5.85. The Morgan fingerprint density at radius 3 is 2.78 bits per heavy atom. The first-order valence-corrected chi connectivity index (χ1v) is 6.68. The zero-order chi connectivity index (χ0) is 13.0.